The summed E-state index contributed by atoms with van der Waals surface area (Å²) < 4.78 is 5.43. The fourth-order valence-corrected chi connectivity index (χ4v) is 3.99. The molecular weight excluding hydrogens is 362 g/mol. The van der Waals surface area contributed by atoms with Crippen LogP contribution in [0.1, 0.15) is 16.9 Å². The Hall–Kier alpha value is -1.47. The summed E-state index contributed by atoms with van der Waals surface area (Å²) in [7, 11) is 0. The molecule has 1 N–H and O–H groups in total. The minimum absolute atomic E-state index is 0.796. The van der Waals surface area contributed by atoms with Gasteiger partial charge in [-0.05, 0) is 49.1 Å². The molecule has 1 saturated heterocycles. The zero-order chi connectivity index (χ0) is 18.2. The lowest BCUT2D eigenvalue weighted by molar-refractivity contribution is 0.0368. The van der Waals surface area contributed by atoms with E-state index in [0.29, 0.717) is 0 Å². The van der Waals surface area contributed by atoms with Crippen molar-refractivity contribution >= 4 is 34.4 Å². The number of thiocarbonyl (C=S) groups is 1. The van der Waals surface area contributed by atoms with Gasteiger partial charge in [-0.2, -0.15) is 0 Å². The predicted molar refractivity (Wildman–Crippen MR) is 114 cm³/mol. The van der Waals surface area contributed by atoms with Crippen LogP contribution in [0, 0.1) is 6.92 Å². The molecular formula is C20H27N3OS2. The Morgan fingerprint density at radius 3 is 2.69 bits per heavy atom. The number of benzene rings is 1. The van der Waals surface area contributed by atoms with Crippen molar-refractivity contribution in [3.8, 4) is 0 Å². The summed E-state index contributed by atoms with van der Waals surface area (Å²) in [5.41, 5.74) is 2.30. The van der Waals surface area contributed by atoms with Crippen LogP contribution in [0.25, 0.3) is 0 Å². The monoisotopic (exact) mass is 389 g/mol. The van der Waals surface area contributed by atoms with Crippen LogP contribution in [0.4, 0.5) is 5.69 Å². The van der Waals surface area contributed by atoms with E-state index >= 15 is 0 Å². The summed E-state index contributed by atoms with van der Waals surface area (Å²) in [5, 5.41) is 6.32. The van der Waals surface area contributed by atoms with Gasteiger partial charge in [-0.1, -0.05) is 23.8 Å². The Morgan fingerprint density at radius 2 is 2.00 bits per heavy atom. The third-order valence-electron chi connectivity index (χ3n) is 4.52. The zero-order valence-electron chi connectivity index (χ0n) is 15.3. The Morgan fingerprint density at radius 1 is 1.23 bits per heavy atom. The van der Waals surface area contributed by atoms with E-state index < -0.39 is 0 Å². The Balaban J connectivity index is 1.56. The topological polar surface area (TPSA) is 27.7 Å². The summed E-state index contributed by atoms with van der Waals surface area (Å²) in [6.45, 7) is 8.78. The highest BCUT2D eigenvalue weighted by molar-refractivity contribution is 7.80. The molecule has 3 rings (SSSR count). The molecule has 0 spiro atoms. The van der Waals surface area contributed by atoms with E-state index in [-0.39, 0.29) is 0 Å². The van der Waals surface area contributed by atoms with E-state index in [1.165, 1.54) is 10.4 Å². The summed E-state index contributed by atoms with van der Waals surface area (Å²) in [6, 6.07) is 12.6. The molecule has 26 heavy (non-hydrogen) atoms. The normalized spacial score (nSPS) is 15.0. The average Bonchev–Trinajstić information content (AvgIpc) is 3.17. The number of thiophene rings is 1. The van der Waals surface area contributed by atoms with Gasteiger partial charge in [-0.25, -0.2) is 0 Å². The highest BCUT2D eigenvalue weighted by Crippen LogP contribution is 2.15. The van der Waals surface area contributed by atoms with E-state index in [9.17, 15) is 0 Å². The first-order valence-corrected chi connectivity index (χ1v) is 10.4. The molecule has 0 bridgehead atoms. The second-order valence-electron chi connectivity index (χ2n) is 6.60. The van der Waals surface area contributed by atoms with Crippen molar-refractivity contribution in [2.45, 2.75) is 19.9 Å². The van der Waals surface area contributed by atoms with E-state index in [2.05, 4.69) is 63.8 Å². The standard InChI is InChI=1S/C20H27N3OS2/c1-17-5-7-18(8-6-17)21-20(25)23(16-19-4-2-15-26-19)10-3-9-22-11-13-24-14-12-22/h2,4-8,15H,3,9-14,16H2,1H3,(H,21,25). The first-order chi connectivity index (χ1) is 12.7. The van der Waals surface area contributed by atoms with Crippen molar-refractivity contribution in [2.75, 3.05) is 44.7 Å². The number of nitrogens with zero attached hydrogens (tertiary/aromatic N) is 2. The van der Waals surface area contributed by atoms with Crippen LogP contribution in [0.15, 0.2) is 41.8 Å². The SMILES string of the molecule is Cc1ccc(NC(=S)N(CCCN2CCOCC2)Cc2cccs2)cc1. The lowest BCUT2D eigenvalue weighted by Gasteiger charge is -2.29. The van der Waals surface area contributed by atoms with Gasteiger partial charge in [0.1, 0.15) is 0 Å². The maximum absolute atomic E-state index is 5.72. The second kappa shape index (κ2) is 10.0. The number of morpholine rings is 1. The number of nitrogens with one attached hydrogen (secondary N) is 1. The van der Waals surface area contributed by atoms with E-state index in [1.807, 2.05) is 0 Å². The van der Waals surface area contributed by atoms with E-state index in [1.54, 1.807) is 11.3 Å². The fourth-order valence-electron chi connectivity index (χ4n) is 2.99. The smallest absolute Gasteiger partial charge is 0.173 e. The Kier molecular flexibility index (Phi) is 7.43. The molecule has 140 valence electrons. The predicted octanol–water partition coefficient (Wildman–Crippen LogP) is 3.98. The van der Waals surface area contributed by atoms with Gasteiger partial charge in [0.25, 0.3) is 0 Å². The molecule has 0 saturated carbocycles. The number of aryl methyl sites for hydroxylation is 1. The molecule has 2 aromatic rings. The lowest BCUT2D eigenvalue weighted by Crippen LogP contribution is -2.39. The molecule has 6 heteroatoms. The van der Waals surface area contributed by atoms with Gasteiger partial charge < -0.3 is 15.0 Å². The van der Waals surface area contributed by atoms with Crippen molar-refractivity contribution < 1.29 is 4.74 Å². The summed E-state index contributed by atoms with van der Waals surface area (Å²) in [4.78, 5) is 6.09. The Labute approximate surface area is 165 Å². The van der Waals surface area contributed by atoms with Gasteiger partial charge in [-0.3, -0.25) is 4.90 Å². The molecule has 1 fully saturated rings. The van der Waals surface area contributed by atoms with Crippen molar-refractivity contribution in [3.05, 3.63) is 52.2 Å². The van der Waals surface area contributed by atoms with Crippen molar-refractivity contribution in [2.24, 2.45) is 0 Å². The van der Waals surface area contributed by atoms with E-state index in [0.717, 1.165) is 63.2 Å². The van der Waals surface area contributed by atoms with Crippen molar-refractivity contribution in [1.29, 1.82) is 0 Å². The third-order valence-corrected chi connectivity index (χ3v) is 5.74. The largest absolute Gasteiger partial charge is 0.379 e. The van der Waals surface area contributed by atoms with Gasteiger partial charge in [0.2, 0.25) is 0 Å². The first kappa shape index (κ1) is 19.3. The molecule has 2 heterocycles. The number of hydrogen-bond donors (Lipinski definition) is 1. The van der Waals surface area contributed by atoms with Gasteiger partial charge in [-0.15, -0.1) is 11.3 Å². The molecule has 0 atom stereocenters. The summed E-state index contributed by atoms with van der Waals surface area (Å²) in [5.74, 6) is 0. The van der Waals surface area contributed by atoms with E-state index in [4.69, 9.17) is 17.0 Å². The third kappa shape index (κ3) is 6.06. The Bertz CT molecular complexity index is 667. The second-order valence-corrected chi connectivity index (χ2v) is 8.02. The fraction of sp³-hybridized carbons (Fsp3) is 0.450. The van der Waals surface area contributed by atoms with Crippen molar-refractivity contribution in [3.63, 3.8) is 0 Å². The van der Waals surface area contributed by atoms with Crippen LogP contribution in [0.3, 0.4) is 0 Å². The maximum Gasteiger partial charge on any atom is 0.173 e. The minimum Gasteiger partial charge on any atom is -0.379 e. The van der Waals surface area contributed by atoms with Crippen LogP contribution in [0.5, 0.6) is 0 Å². The molecule has 0 amide bonds. The number of rotatable bonds is 7. The van der Waals surface area contributed by atoms with Crippen LogP contribution >= 0.6 is 23.6 Å². The first-order valence-electron chi connectivity index (χ1n) is 9.16. The van der Waals surface area contributed by atoms with Gasteiger partial charge in [0, 0.05) is 36.7 Å². The van der Waals surface area contributed by atoms with Crippen LogP contribution in [-0.2, 0) is 11.3 Å². The summed E-state index contributed by atoms with van der Waals surface area (Å²) >= 11 is 7.50. The quantitative estimate of drug-likeness (QED) is 0.723. The molecule has 0 aliphatic carbocycles. The van der Waals surface area contributed by atoms with Crippen molar-refractivity contribution in [1.82, 2.24) is 9.80 Å². The molecule has 0 unspecified atom stereocenters. The number of ether oxygens (including phenoxy) is 1. The average molecular weight is 390 g/mol. The minimum atomic E-state index is 0.796. The van der Waals surface area contributed by atoms with Gasteiger partial charge >= 0.3 is 0 Å². The lowest BCUT2D eigenvalue weighted by atomic mass is 10.2. The molecule has 1 aliphatic rings. The molecule has 1 aromatic carbocycles. The van der Waals surface area contributed by atoms with Crippen LogP contribution in [0.2, 0.25) is 0 Å². The van der Waals surface area contributed by atoms with Crippen LogP contribution < -0.4 is 5.32 Å². The zero-order valence-corrected chi connectivity index (χ0v) is 17.0. The molecule has 1 aliphatic heterocycles. The molecule has 4 nitrogen and oxygen atoms in total. The molecule has 1 aromatic heterocycles. The maximum atomic E-state index is 5.72. The number of hydrogen-bond acceptors (Lipinski definition) is 4. The van der Waals surface area contributed by atoms with Crippen LogP contribution in [-0.4, -0.2) is 54.3 Å². The highest BCUT2D eigenvalue weighted by Gasteiger charge is 2.14. The van der Waals surface area contributed by atoms with Gasteiger partial charge in [0.15, 0.2) is 5.11 Å². The number of anilines is 1. The molecule has 0 radical (unpaired) electrons. The van der Waals surface area contributed by atoms with Gasteiger partial charge in [0.05, 0.1) is 19.8 Å². The summed E-state index contributed by atoms with van der Waals surface area (Å²) in [6.07, 6.45) is 1.10. The highest BCUT2D eigenvalue weighted by atomic mass is 32.1.